The smallest absolute Gasteiger partial charge is 0.257 e. The van der Waals surface area contributed by atoms with Crippen LogP contribution in [0.1, 0.15) is 35.4 Å². The van der Waals surface area contributed by atoms with Gasteiger partial charge in [0.25, 0.3) is 5.91 Å². The number of nitrogens with zero attached hydrogens (tertiary/aromatic N) is 2. The van der Waals surface area contributed by atoms with Crippen LogP contribution in [0.5, 0.6) is 0 Å². The summed E-state index contributed by atoms with van der Waals surface area (Å²) in [6.07, 6.45) is 4.93. The molecule has 1 amide bonds. The fourth-order valence-corrected chi connectivity index (χ4v) is 4.52. The van der Waals surface area contributed by atoms with E-state index in [-0.39, 0.29) is 11.3 Å². The van der Waals surface area contributed by atoms with E-state index < -0.39 is 0 Å². The molecule has 0 bridgehead atoms. The molecule has 0 radical (unpaired) electrons. The van der Waals surface area contributed by atoms with Crippen molar-refractivity contribution in [3.8, 4) is 0 Å². The van der Waals surface area contributed by atoms with Gasteiger partial charge in [-0.3, -0.25) is 9.69 Å². The lowest BCUT2D eigenvalue weighted by molar-refractivity contribution is 0.0284. The molecule has 3 fully saturated rings. The van der Waals surface area contributed by atoms with Gasteiger partial charge in [-0.05, 0) is 38.8 Å². The van der Waals surface area contributed by atoms with E-state index in [1.165, 1.54) is 0 Å². The van der Waals surface area contributed by atoms with E-state index in [2.05, 4.69) is 4.90 Å². The minimum Gasteiger partial charge on any atom is -0.469 e. The number of hydrogen-bond donors (Lipinski definition) is 0. The van der Waals surface area contributed by atoms with Crippen LogP contribution in [0.3, 0.4) is 0 Å². The van der Waals surface area contributed by atoms with Crippen molar-refractivity contribution in [1.29, 1.82) is 0 Å². The molecule has 6 heteroatoms. The quantitative estimate of drug-likeness (QED) is 0.817. The fraction of sp³-hybridized carbons (Fsp3) is 0.737. The minimum absolute atomic E-state index is 0.0576. The van der Waals surface area contributed by atoms with Gasteiger partial charge in [-0.2, -0.15) is 0 Å². The number of furan rings is 1. The predicted molar refractivity (Wildman–Crippen MR) is 92.6 cm³/mol. The molecule has 3 aliphatic rings. The molecule has 0 aromatic carbocycles. The first-order chi connectivity index (χ1) is 12.2. The average molecular weight is 348 g/mol. The van der Waals surface area contributed by atoms with E-state index in [1.807, 2.05) is 11.8 Å². The van der Waals surface area contributed by atoms with Gasteiger partial charge in [-0.25, -0.2) is 0 Å². The molecule has 4 rings (SSSR count). The summed E-state index contributed by atoms with van der Waals surface area (Å²) < 4.78 is 16.8. The zero-order chi connectivity index (χ0) is 17.3. The van der Waals surface area contributed by atoms with E-state index in [9.17, 15) is 4.79 Å². The normalized spacial score (nSPS) is 29.2. The van der Waals surface area contributed by atoms with Crippen LogP contribution in [0, 0.1) is 12.3 Å². The second-order valence-electron chi connectivity index (χ2n) is 7.73. The first-order valence-corrected chi connectivity index (χ1v) is 9.40. The summed E-state index contributed by atoms with van der Waals surface area (Å²) in [6, 6.07) is 2.40. The Hall–Kier alpha value is -1.37. The second kappa shape index (κ2) is 7.09. The van der Waals surface area contributed by atoms with Gasteiger partial charge >= 0.3 is 0 Å². The van der Waals surface area contributed by atoms with E-state index in [0.29, 0.717) is 30.5 Å². The molecule has 3 saturated heterocycles. The summed E-state index contributed by atoms with van der Waals surface area (Å²) in [7, 11) is 0. The number of amides is 1. The topological polar surface area (TPSA) is 55.2 Å². The van der Waals surface area contributed by atoms with Gasteiger partial charge in [0.05, 0.1) is 25.0 Å². The highest BCUT2D eigenvalue weighted by molar-refractivity contribution is 5.95. The zero-order valence-corrected chi connectivity index (χ0v) is 15.0. The molecule has 3 aliphatic heterocycles. The van der Waals surface area contributed by atoms with E-state index in [0.717, 1.165) is 58.7 Å². The molecular formula is C19H28N2O4. The summed E-state index contributed by atoms with van der Waals surface area (Å²) in [5.74, 6) is 0.764. The van der Waals surface area contributed by atoms with Crippen LogP contribution in [0.4, 0.5) is 0 Å². The van der Waals surface area contributed by atoms with Crippen molar-refractivity contribution in [2.24, 2.45) is 5.41 Å². The van der Waals surface area contributed by atoms with Crippen LogP contribution in [-0.2, 0) is 9.47 Å². The van der Waals surface area contributed by atoms with Gasteiger partial charge in [0.15, 0.2) is 0 Å². The number of likely N-dealkylation sites (tertiary alicyclic amines) is 1. The standard InChI is InChI=1S/C19H28N2O4/c1-15-17(4-10-25-15)18(22)21-7-11-24-14-19(13-21)5-6-20(12-19)16-2-8-23-9-3-16/h4,10,16H,2-3,5-9,11-14H2,1H3/t19-/m0/s1. The monoisotopic (exact) mass is 348 g/mol. The van der Waals surface area contributed by atoms with Gasteiger partial charge in [0.1, 0.15) is 5.76 Å². The van der Waals surface area contributed by atoms with Crippen LogP contribution in [0.15, 0.2) is 16.7 Å². The van der Waals surface area contributed by atoms with Crippen LogP contribution in [0.2, 0.25) is 0 Å². The Bertz CT molecular complexity index is 610. The molecule has 4 heterocycles. The maximum atomic E-state index is 12.9. The summed E-state index contributed by atoms with van der Waals surface area (Å²) in [5, 5.41) is 0. The zero-order valence-electron chi connectivity index (χ0n) is 15.0. The van der Waals surface area contributed by atoms with Crippen molar-refractivity contribution in [3.63, 3.8) is 0 Å². The number of carbonyl (C=O) groups excluding carboxylic acids is 1. The third-order valence-corrected chi connectivity index (χ3v) is 5.99. The number of ether oxygens (including phenoxy) is 2. The maximum Gasteiger partial charge on any atom is 0.257 e. The Kier molecular flexibility index (Phi) is 4.84. The van der Waals surface area contributed by atoms with Gasteiger partial charge in [0.2, 0.25) is 0 Å². The summed E-state index contributed by atoms with van der Waals surface area (Å²) in [4.78, 5) is 17.5. The van der Waals surface area contributed by atoms with Crippen molar-refractivity contribution >= 4 is 5.91 Å². The van der Waals surface area contributed by atoms with Crippen molar-refractivity contribution in [3.05, 3.63) is 23.7 Å². The number of carbonyl (C=O) groups is 1. The molecule has 0 N–H and O–H groups in total. The summed E-state index contributed by atoms with van der Waals surface area (Å²) >= 11 is 0. The number of aryl methyl sites for hydroxylation is 1. The lowest BCUT2D eigenvalue weighted by Gasteiger charge is -2.35. The molecule has 0 unspecified atom stereocenters. The van der Waals surface area contributed by atoms with Gasteiger partial charge in [0, 0.05) is 44.3 Å². The Labute approximate surface area is 149 Å². The van der Waals surface area contributed by atoms with E-state index >= 15 is 0 Å². The Balaban J connectivity index is 1.46. The van der Waals surface area contributed by atoms with Gasteiger partial charge in [-0.1, -0.05) is 0 Å². The highest BCUT2D eigenvalue weighted by Gasteiger charge is 2.44. The van der Waals surface area contributed by atoms with Crippen LogP contribution in [-0.4, -0.2) is 74.4 Å². The Morgan fingerprint density at radius 3 is 2.76 bits per heavy atom. The SMILES string of the molecule is Cc1occc1C(=O)N1CCOC[C@]2(CCN(C3CCOCC3)C2)C1. The molecule has 1 spiro atoms. The highest BCUT2D eigenvalue weighted by Crippen LogP contribution is 2.36. The molecule has 1 atom stereocenters. The van der Waals surface area contributed by atoms with Gasteiger partial charge < -0.3 is 18.8 Å². The highest BCUT2D eigenvalue weighted by atomic mass is 16.5. The predicted octanol–water partition coefficient (Wildman–Crippen LogP) is 1.93. The summed E-state index contributed by atoms with van der Waals surface area (Å²) in [5.41, 5.74) is 0.735. The van der Waals surface area contributed by atoms with Crippen molar-refractivity contribution in [2.75, 3.05) is 52.6 Å². The molecule has 6 nitrogen and oxygen atoms in total. The van der Waals surface area contributed by atoms with Gasteiger partial charge in [-0.15, -0.1) is 0 Å². The first kappa shape index (κ1) is 17.1. The third-order valence-electron chi connectivity index (χ3n) is 5.99. The average Bonchev–Trinajstić information content (AvgIpc) is 3.18. The second-order valence-corrected chi connectivity index (χ2v) is 7.73. The molecule has 0 saturated carbocycles. The number of hydrogen-bond acceptors (Lipinski definition) is 5. The molecule has 138 valence electrons. The minimum atomic E-state index is 0.0576. The number of rotatable bonds is 2. The van der Waals surface area contributed by atoms with E-state index in [1.54, 1.807) is 12.3 Å². The largest absolute Gasteiger partial charge is 0.469 e. The van der Waals surface area contributed by atoms with Crippen LogP contribution >= 0.6 is 0 Å². The van der Waals surface area contributed by atoms with Crippen molar-refractivity contribution < 1.29 is 18.7 Å². The van der Waals surface area contributed by atoms with Crippen molar-refractivity contribution in [2.45, 2.75) is 32.2 Å². The third kappa shape index (κ3) is 3.48. The van der Waals surface area contributed by atoms with Crippen LogP contribution < -0.4 is 0 Å². The first-order valence-electron chi connectivity index (χ1n) is 9.40. The Morgan fingerprint density at radius 2 is 2.00 bits per heavy atom. The molecule has 1 aromatic heterocycles. The van der Waals surface area contributed by atoms with Crippen molar-refractivity contribution in [1.82, 2.24) is 9.80 Å². The molecular weight excluding hydrogens is 320 g/mol. The molecule has 0 aliphatic carbocycles. The maximum absolute atomic E-state index is 12.9. The summed E-state index contributed by atoms with van der Waals surface area (Å²) in [6.45, 7) is 8.50. The molecule has 25 heavy (non-hydrogen) atoms. The Morgan fingerprint density at radius 1 is 1.16 bits per heavy atom. The molecule has 1 aromatic rings. The fourth-order valence-electron chi connectivity index (χ4n) is 4.52. The lowest BCUT2D eigenvalue weighted by atomic mass is 9.87. The van der Waals surface area contributed by atoms with Crippen LogP contribution in [0.25, 0.3) is 0 Å². The lowest BCUT2D eigenvalue weighted by Crippen LogP contribution is -2.45. The van der Waals surface area contributed by atoms with E-state index in [4.69, 9.17) is 13.9 Å².